The summed E-state index contributed by atoms with van der Waals surface area (Å²) in [4.78, 5) is 0.207. The lowest BCUT2D eigenvalue weighted by atomic mass is 10.1. The Morgan fingerprint density at radius 1 is 1.33 bits per heavy atom. The molecule has 2 rings (SSSR count). The summed E-state index contributed by atoms with van der Waals surface area (Å²) in [6.07, 6.45) is 4.62. The van der Waals surface area contributed by atoms with Gasteiger partial charge in [0, 0.05) is 12.3 Å². The summed E-state index contributed by atoms with van der Waals surface area (Å²) in [6.45, 7) is 2.23. The number of rotatable bonds is 3. The van der Waals surface area contributed by atoms with Crippen LogP contribution >= 0.6 is 0 Å². The van der Waals surface area contributed by atoms with E-state index >= 15 is 0 Å². The van der Waals surface area contributed by atoms with Gasteiger partial charge in [-0.25, -0.2) is 8.42 Å². The molecule has 0 spiro atoms. The second-order valence-electron chi connectivity index (χ2n) is 5.25. The molecule has 1 aromatic rings. The monoisotopic (exact) mass is 268 g/mol. The molecule has 0 amide bonds. The fourth-order valence-corrected chi connectivity index (χ4v) is 3.39. The first kappa shape index (κ1) is 13.2. The molecule has 1 aliphatic rings. The van der Waals surface area contributed by atoms with Gasteiger partial charge in [0.1, 0.15) is 0 Å². The molecule has 0 heterocycles. The Morgan fingerprint density at radius 2 is 2.06 bits per heavy atom. The number of nitrogens with two attached hydrogens (primary N) is 1. The van der Waals surface area contributed by atoms with Gasteiger partial charge in [0.15, 0.2) is 9.84 Å². The molecule has 4 nitrogen and oxygen atoms in total. The van der Waals surface area contributed by atoms with Gasteiger partial charge in [-0.2, -0.15) is 0 Å². The van der Waals surface area contributed by atoms with Crippen molar-refractivity contribution in [1.29, 1.82) is 0 Å². The van der Waals surface area contributed by atoms with Gasteiger partial charge in [-0.15, -0.1) is 0 Å². The van der Waals surface area contributed by atoms with Crippen LogP contribution in [0.25, 0.3) is 0 Å². The van der Waals surface area contributed by atoms with E-state index in [0.717, 1.165) is 24.4 Å². The van der Waals surface area contributed by atoms with Crippen LogP contribution in [-0.4, -0.2) is 20.7 Å². The average Bonchev–Trinajstić information content (AvgIpc) is 2.65. The van der Waals surface area contributed by atoms with Crippen molar-refractivity contribution in [2.24, 2.45) is 5.92 Å². The number of benzene rings is 1. The molecule has 0 radical (unpaired) electrons. The number of hydrogen-bond donors (Lipinski definition) is 2. The minimum absolute atomic E-state index is 0.207. The molecule has 0 bridgehead atoms. The van der Waals surface area contributed by atoms with Crippen molar-refractivity contribution in [1.82, 2.24) is 0 Å². The number of nitrogens with one attached hydrogen (secondary N) is 1. The fraction of sp³-hybridized carbons (Fsp3) is 0.538. The highest BCUT2D eigenvalue weighted by molar-refractivity contribution is 7.90. The minimum Gasteiger partial charge on any atom is -0.396 e. The first-order valence-corrected chi connectivity index (χ1v) is 8.12. The summed E-state index contributed by atoms with van der Waals surface area (Å²) in [5, 5.41) is 3.36. The number of sulfone groups is 1. The molecule has 0 saturated heterocycles. The number of nitrogen functional groups attached to an aromatic ring is 1. The highest BCUT2D eigenvalue weighted by Crippen LogP contribution is 2.31. The van der Waals surface area contributed by atoms with Crippen molar-refractivity contribution in [2.75, 3.05) is 17.3 Å². The predicted octanol–water partition coefficient (Wildman–Crippen LogP) is 2.27. The van der Waals surface area contributed by atoms with E-state index in [1.54, 1.807) is 12.1 Å². The van der Waals surface area contributed by atoms with Crippen LogP contribution in [0, 0.1) is 5.92 Å². The molecule has 1 saturated carbocycles. The smallest absolute Gasteiger partial charge is 0.177 e. The molecule has 1 aromatic carbocycles. The molecule has 5 heteroatoms. The lowest BCUT2D eigenvalue weighted by Crippen LogP contribution is -2.17. The van der Waals surface area contributed by atoms with Crippen LogP contribution in [0.5, 0.6) is 0 Å². The Bertz CT molecular complexity index is 540. The molecule has 0 aromatic heterocycles. The van der Waals surface area contributed by atoms with Gasteiger partial charge in [0.25, 0.3) is 0 Å². The zero-order valence-electron chi connectivity index (χ0n) is 10.8. The van der Waals surface area contributed by atoms with Crippen LogP contribution in [0.1, 0.15) is 26.2 Å². The normalized spacial score (nSPS) is 24.1. The molecular formula is C13H20N2O2S. The van der Waals surface area contributed by atoms with Gasteiger partial charge in [0.05, 0.1) is 16.3 Å². The van der Waals surface area contributed by atoms with Gasteiger partial charge >= 0.3 is 0 Å². The van der Waals surface area contributed by atoms with E-state index in [1.807, 2.05) is 6.07 Å². The van der Waals surface area contributed by atoms with Crippen LogP contribution in [0.4, 0.5) is 11.4 Å². The van der Waals surface area contributed by atoms with E-state index in [0.29, 0.717) is 11.7 Å². The van der Waals surface area contributed by atoms with E-state index in [-0.39, 0.29) is 4.90 Å². The van der Waals surface area contributed by atoms with Crippen LogP contribution in [0.15, 0.2) is 23.1 Å². The summed E-state index contributed by atoms with van der Waals surface area (Å²) in [5.74, 6) is 0.724. The van der Waals surface area contributed by atoms with Crippen molar-refractivity contribution >= 4 is 21.2 Å². The molecule has 1 aliphatic carbocycles. The van der Waals surface area contributed by atoms with Crippen LogP contribution in [-0.2, 0) is 9.84 Å². The molecule has 2 atom stereocenters. The van der Waals surface area contributed by atoms with E-state index in [1.165, 1.54) is 12.7 Å². The lowest BCUT2D eigenvalue weighted by molar-refractivity contribution is 0.601. The number of anilines is 2. The highest BCUT2D eigenvalue weighted by Gasteiger charge is 2.22. The largest absolute Gasteiger partial charge is 0.396 e. The summed E-state index contributed by atoms with van der Waals surface area (Å²) < 4.78 is 23.2. The van der Waals surface area contributed by atoms with Crippen molar-refractivity contribution < 1.29 is 8.42 Å². The van der Waals surface area contributed by atoms with Crippen LogP contribution < -0.4 is 11.1 Å². The molecule has 18 heavy (non-hydrogen) atoms. The maximum absolute atomic E-state index is 11.6. The molecule has 2 unspecified atom stereocenters. The average molecular weight is 268 g/mol. The highest BCUT2D eigenvalue weighted by atomic mass is 32.2. The molecule has 0 aliphatic heterocycles. The number of para-hydroxylation sites is 1. The Morgan fingerprint density at radius 3 is 2.61 bits per heavy atom. The predicted molar refractivity (Wildman–Crippen MR) is 74.4 cm³/mol. The molecule has 3 N–H and O–H groups in total. The topological polar surface area (TPSA) is 72.2 Å². The first-order valence-electron chi connectivity index (χ1n) is 6.23. The van der Waals surface area contributed by atoms with Crippen molar-refractivity contribution in [2.45, 2.75) is 37.1 Å². The zero-order valence-corrected chi connectivity index (χ0v) is 11.6. The third kappa shape index (κ3) is 2.77. The van der Waals surface area contributed by atoms with Crippen LogP contribution in [0.3, 0.4) is 0 Å². The maximum Gasteiger partial charge on any atom is 0.177 e. The minimum atomic E-state index is -3.27. The van der Waals surface area contributed by atoms with Crippen molar-refractivity contribution in [3.63, 3.8) is 0 Å². The molecular weight excluding hydrogens is 248 g/mol. The van der Waals surface area contributed by atoms with E-state index < -0.39 is 9.84 Å². The Hall–Kier alpha value is -1.23. The van der Waals surface area contributed by atoms with Crippen LogP contribution in [0.2, 0.25) is 0 Å². The first-order chi connectivity index (χ1) is 8.38. The van der Waals surface area contributed by atoms with Gasteiger partial charge in [-0.1, -0.05) is 13.0 Å². The summed E-state index contributed by atoms with van der Waals surface area (Å²) in [5.41, 5.74) is 7.01. The second kappa shape index (κ2) is 4.80. The van der Waals surface area contributed by atoms with Gasteiger partial charge < -0.3 is 11.1 Å². The van der Waals surface area contributed by atoms with Gasteiger partial charge in [-0.3, -0.25) is 0 Å². The standard InChI is InChI=1S/C13H20N2O2S/c1-9-6-7-10(8-9)15-11-4-3-5-12(13(11)14)18(2,16)17/h3-5,9-10,15H,6-8,14H2,1-2H3. The van der Waals surface area contributed by atoms with Gasteiger partial charge in [-0.05, 0) is 37.3 Å². The van der Waals surface area contributed by atoms with E-state index in [9.17, 15) is 8.42 Å². The molecule has 100 valence electrons. The second-order valence-corrected chi connectivity index (χ2v) is 7.23. The van der Waals surface area contributed by atoms with E-state index in [4.69, 9.17) is 5.73 Å². The lowest BCUT2D eigenvalue weighted by Gasteiger charge is -2.17. The Balaban J connectivity index is 2.24. The van der Waals surface area contributed by atoms with Crippen molar-refractivity contribution in [3.8, 4) is 0 Å². The molecule has 1 fully saturated rings. The third-order valence-electron chi connectivity index (χ3n) is 3.52. The Kier molecular flexibility index (Phi) is 3.52. The quantitative estimate of drug-likeness (QED) is 0.825. The summed E-state index contributed by atoms with van der Waals surface area (Å²) in [7, 11) is -3.27. The summed E-state index contributed by atoms with van der Waals surface area (Å²) in [6, 6.07) is 5.52. The SMILES string of the molecule is CC1CCC(Nc2cccc(S(C)(=O)=O)c2N)C1. The van der Waals surface area contributed by atoms with Crippen molar-refractivity contribution in [3.05, 3.63) is 18.2 Å². The summed E-state index contributed by atoms with van der Waals surface area (Å²) >= 11 is 0. The number of hydrogen-bond acceptors (Lipinski definition) is 4. The van der Waals surface area contributed by atoms with E-state index in [2.05, 4.69) is 12.2 Å². The fourth-order valence-electron chi connectivity index (χ4n) is 2.55. The third-order valence-corrected chi connectivity index (χ3v) is 4.67. The Labute approximate surface area is 108 Å². The zero-order chi connectivity index (χ0) is 13.3. The van der Waals surface area contributed by atoms with Gasteiger partial charge in [0.2, 0.25) is 0 Å². The maximum atomic E-state index is 11.6.